The van der Waals surface area contributed by atoms with Crippen LogP contribution in [0.25, 0.3) is 0 Å². The van der Waals surface area contributed by atoms with Gasteiger partial charge in [0.05, 0.1) is 6.10 Å². The minimum atomic E-state index is -0.413. The second-order valence-corrected chi connectivity index (χ2v) is 6.96. The second-order valence-electron chi connectivity index (χ2n) is 6.52. The van der Waals surface area contributed by atoms with Gasteiger partial charge in [0.15, 0.2) is 0 Å². The van der Waals surface area contributed by atoms with Gasteiger partial charge in [-0.3, -0.25) is 4.90 Å². The van der Waals surface area contributed by atoms with Gasteiger partial charge < -0.3 is 5.11 Å². The normalized spacial score (nSPS) is 23.3. The van der Waals surface area contributed by atoms with Crippen LogP contribution < -0.4 is 0 Å². The van der Waals surface area contributed by atoms with E-state index in [2.05, 4.69) is 25.7 Å². The number of hydrogen-bond acceptors (Lipinski definition) is 2. The maximum atomic E-state index is 10.6. The van der Waals surface area contributed by atoms with Crippen LogP contribution in [-0.2, 0) is 0 Å². The molecule has 1 aliphatic rings. The molecule has 0 saturated carbocycles. The van der Waals surface area contributed by atoms with Crippen molar-refractivity contribution in [2.75, 3.05) is 13.1 Å². The van der Waals surface area contributed by atoms with E-state index in [1.807, 2.05) is 24.3 Å². The summed E-state index contributed by atoms with van der Waals surface area (Å²) in [5.41, 5.74) is 1.11. The lowest BCUT2D eigenvalue weighted by Crippen LogP contribution is -2.48. The molecule has 2 rings (SSSR count). The Labute approximate surface area is 121 Å². The molecule has 0 spiro atoms. The molecule has 0 aliphatic carbocycles. The molecule has 0 bridgehead atoms. The van der Waals surface area contributed by atoms with E-state index in [9.17, 15) is 5.11 Å². The van der Waals surface area contributed by atoms with Crippen molar-refractivity contribution in [2.45, 2.75) is 45.3 Å². The highest BCUT2D eigenvalue weighted by atomic mass is 35.5. The molecule has 1 aromatic rings. The summed E-state index contributed by atoms with van der Waals surface area (Å²) in [5, 5.41) is 11.3. The molecule has 1 unspecified atom stereocenters. The fraction of sp³-hybridized carbons (Fsp3) is 0.625. The summed E-state index contributed by atoms with van der Waals surface area (Å²) in [7, 11) is 0. The first-order chi connectivity index (χ1) is 8.88. The Kier molecular flexibility index (Phi) is 4.54. The van der Waals surface area contributed by atoms with Crippen molar-refractivity contribution in [3.8, 4) is 0 Å². The Bertz CT molecular complexity index is 427. The van der Waals surface area contributed by atoms with Crippen LogP contribution in [0.4, 0.5) is 0 Å². The molecule has 0 aromatic heterocycles. The predicted molar refractivity (Wildman–Crippen MR) is 80.5 cm³/mol. The zero-order valence-electron chi connectivity index (χ0n) is 12.1. The van der Waals surface area contributed by atoms with Crippen molar-refractivity contribution in [2.24, 2.45) is 5.92 Å². The summed E-state index contributed by atoms with van der Waals surface area (Å²) < 4.78 is 0. The monoisotopic (exact) mass is 281 g/mol. The largest absolute Gasteiger partial charge is 0.388 e. The van der Waals surface area contributed by atoms with E-state index < -0.39 is 6.10 Å². The highest BCUT2D eigenvalue weighted by molar-refractivity contribution is 6.30. The van der Waals surface area contributed by atoms with Crippen molar-refractivity contribution < 1.29 is 5.11 Å². The third-order valence-corrected chi connectivity index (χ3v) is 4.28. The third-order valence-electron chi connectivity index (χ3n) is 4.04. The van der Waals surface area contributed by atoms with Gasteiger partial charge in [-0.05, 0) is 57.9 Å². The van der Waals surface area contributed by atoms with Gasteiger partial charge in [0.2, 0.25) is 0 Å². The van der Waals surface area contributed by atoms with Gasteiger partial charge in [-0.1, -0.05) is 23.7 Å². The van der Waals surface area contributed by atoms with Crippen LogP contribution in [0.2, 0.25) is 5.02 Å². The van der Waals surface area contributed by atoms with E-state index in [4.69, 9.17) is 11.6 Å². The van der Waals surface area contributed by atoms with Crippen LogP contribution >= 0.6 is 11.6 Å². The lowest BCUT2D eigenvalue weighted by atomic mass is 9.86. The predicted octanol–water partition coefficient (Wildman–Crippen LogP) is 3.88. The molecule has 1 N–H and O–H groups in total. The van der Waals surface area contributed by atoms with Crippen LogP contribution in [0.15, 0.2) is 24.3 Å². The van der Waals surface area contributed by atoms with Gasteiger partial charge in [-0.2, -0.15) is 0 Å². The number of aliphatic hydroxyl groups is 1. The number of nitrogens with zero attached hydrogens (tertiary/aromatic N) is 1. The summed E-state index contributed by atoms with van der Waals surface area (Å²) in [6.07, 6.45) is 1.82. The summed E-state index contributed by atoms with van der Waals surface area (Å²) in [5.74, 6) is 0.298. The van der Waals surface area contributed by atoms with Crippen molar-refractivity contribution in [1.82, 2.24) is 4.90 Å². The van der Waals surface area contributed by atoms with E-state index in [0.717, 1.165) is 31.5 Å². The van der Waals surface area contributed by atoms with Crippen molar-refractivity contribution in [3.05, 3.63) is 34.9 Å². The topological polar surface area (TPSA) is 23.5 Å². The molecule has 1 saturated heterocycles. The quantitative estimate of drug-likeness (QED) is 0.889. The smallest absolute Gasteiger partial charge is 0.0830 e. The third kappa shape index (κ3) is 3.71. The first-order valence-corrected chi connectivity index (χ1v) is 7.44. The Morgan fingerprint density at radius 3 is 2.74 bits per heavy atom. The first kappa shape index (κ1) is 14.8. The summed E-state index contributed by atoms with van der Waals surface area (Å²) in [6.45, 7) is 8.79. The maximum Gasteiger partial charge on any atom is 0.0830 e. The van der Waals surface area contributed by atoms with Gasteiger partial charge in [0.25, 0.3) is 0 Å². The van der Waals surface area contributed by atoms with Gasteiger partial charge in [0, 0.05) is 23.0 Å². The number of aliphatic hydroxyl groups excluding tert-OH is 1. The highest BCUT2D eigenvalue weighted by Gasteiger charge is 2.31. The molecule has 1 aromatic carbocycles. The van der Waals surface area contributed by atoms with E-state index in [-0.39, 0.29) is 5.54 Å². The zero-order chi connectivity index (χ0) is 14.0. The van der Waals surface area contributed by atoms with Crippen LogP contribution in [0.1, 0.15) is 45.3 Å². The molecule has 2 atom stereocenters. The molecule has 3 heteroatoms. The van der Waals surface area contributed by atoms with Crippen LogP contribution in [0.5, 0.6) is 0 Å². The number of likely N-dealkylation sites (tertiary alicyclic amines) is 1. The van der Waals surface area contributed by atoms with E-state index >= 15 is 0 Å². The molecule has 106 valence electrons. The Balaban J connectivity index is 2.09. The number of hydrogen-bond donors (Lipinski definition) is 1. The molecule has 0 radical (unpaired) electrons. The fourth-order valence-corrected chi connectivity index (χ4v) is 3.04. The fourth-order valence-electron chi connectivity index (χ4n) is 2.84. The Hall–Kier alpha value is -0.570. The summed E-state index contributed by atoms with van der Waals surface area (Å²) in [4.78, 5) is 2.47. The SMILES string of the molecule is CC(C)(C)N1CCC[C@@H](C(O)c2cccc(Cl)c2)C1. The average Bonchev–Trinajstić information content (AvgIpc) is 2.37. The zero-order valence-corrected chi connectivity index (χ0v) is 12.8. The number of rotatable bonds is 2. The van der Waals surface area contributed by atoms with Crippen LogP contribution in [0, 0.1) is 5.92 Å². The van der Waals surface area contributed by atoms with E-state index in [1.165, 1.54) is 0 Å². The minimum absolute atomic E-state index is 0.173. The number of halogens is 1. The highest BCUT2D eigenvalue weighted by Crippen LogP contribution is 2.33. The lowest BCUT2D eigenvalue weighted by Gasteiger charge is -2.42. The molecular weight excluding hydrogens is 258 g/mol. The van der Waals surface area contributed by atoms with Gasteiger partial charge in [0.1, 0.15) is 0 Å². The summed E-state index contributed by atoms with van der Waals surface area (Å²) in [6, 6.07) is 7.60. The molecule has 1 heterocycles. The van der Waals surface area contributed by atoms with Crippen molar-refractivity contribution >= 4 is 11.6 Å². The van der Waals surface area contributed by atoms with Crippen LogP contribution in [-0.4, -0.2) is 28.6 Å². The van der Waals surface area contributed by atoms with Crippen LogP contribution in [0.3, 0.4) is 0 Å². The first-order valence-electron chi connectivity index (χ1n) is 7.06. The number of benzene rings is 1. The summed E-state index contributed by atoms with van der Waals surface area (Å²) >= 11 is 6.01. The van der Waals surface area contributed by atoms with Gasteiger partial charge in [-0.25, -0.2) is 0 Å². The van der Waals surface area contributed by atoms with Gasteiger partial charge in [-0.15, -0.1) is 0 Å². The maximum absolute atomic E-state index is 10.6. The number of piperidine rings is 1. The molecule has 1 fully saturated rings. The Morgan fingerprint density at radius 1 is 1.37 bits per heavy atom. The van der Waals surface area contributed by atoms with E-state index in [1.54, 1.807) is 0 Å². The molecule has 1 aliphatic heterocycles. The molecular formula is C16H24ClNO. The lowest BCUT2D eigenvalue weighted by molar-refractivity contribution is 0.0148. The van der Waals surface area contributed by atoms with Crippen molar-refractivity contribution in [3.63, 3.8) is 0 Å². The van der Waals surface area contributed by atoms with Gasteiger partial charge >= 0.3 is 0 Å². The standard InChI is InChI=1S/C16H24ClNO/c1-16(2,3)18-9-5-7-13(11-18)15(19)12-6-4-8-14(17)10-12/h4,6,8,10,13,15,19H,5,7,9,11H2,1-3H3/t13-,15?/m1/s1. The van der Waals surface area contributed by atoms with E-state index in [0.29, 0.717) is 10.9 Å². The Morgan fingerprint density at radius 2 is 2.11 bits per heavy atom. The molecule has 19 heavy (non-hydrogen) atoms. The second kappa shape index (κ2) is 5.82. The molecule has 0 amide bonds. The minimum Gasteiger partial charge on any atom is -0.388 e. The van der Waals surface area contributed by atoms with Crippen molar-refractivity contribution in [1.29, 1.82) is 0 Å². The molecule has 2 nitrogen and oxygen atoms in total. The average molecular weight is 282 g/mol.